The highest BCUT2D eigenvalue weighted by molar-refractivity contribution is 6.42. The molecule has 9 nitrogen and oxygen atoms in total. The van der Waals surface area contributed by atoms with E-state index in [2.05, 4.69) is 9.88 Å². The number of hydrogen-bond acceptors (Lipinski definition) is 7. The van der Waals surface area contributed by atoms with Crippen LogP contribution in [0.1, 0.15) is 5.69 Å². The Bertz CT molecular complexity index is 2070. The van der Waals surface area contributed by atoms with Gasteiger partial charge < -0.3 is 24.2 Å². The normalized spacial score (nSPS) is 14.4. The minimum atomic E-state index is -5.45. The third kappa shape index (κ3) is 6.82. The van der Waals surface area contributed by atoms with Gasteiger partial charge in [-0.15, -0.1) is 0 Å². The molecule has 0 bridgehead atoms. The first-order valence-corrected chi connectivity index (χ1v) is 15.2. The fraction of sp³-hybridized carbons (Fsp3) is 0.250. The smallest absolute Gasteiger partial charge is 0.493 e. The predicted molar refractivity (Wildman–Crippen MR) is 169 cm³/mol. The summed E-state index contributed by atoms with van der Waals surface area (Å²) >= 11 is 12.4. The number of hydrogen-bond donors (Lipinski definition) is 1. The van der Waals surface area contributed by atoms with Gasteiger partial charge in [0.05, 0.1) is 33.8 Å². The van der Waals surface area contributed by atoms with Crippen LogP contribution in [0.15, 0.2) is 60.8 Å². The van der Waals surface area contributed by atoms with Crippen LogP contribution in [0, 0.1) is 0 Å². The molecule has 0 amide bonds. The number of benzene rings is 3. The molecule has 0 aliphatic carbocycles. The van der Waals surface area contributed by atoms with Gasteiger partial charge in [0, 0.05) is 73.2 Å². The summed E-state index contributed by atoms with van der Waals surface area (Å²) in [5.41, 5.74) is 1.64. The van der Waals surface area contributed by atoms with Gasteiger partial charge in [-0.2, -0.15) is 31.1 Å². The van der Waals surface area contributed by atoms with Crippen molar-refractivity contribution in [1.29, 1.82) is 0 Å². The minimum Gasteiger partial charge on any atom is -0.497 e. The van der Waals surface area contributed by atoms with Crippen molar-refractivity contribution in [3.05, 3.63) is 76.5 Å². The zero-order valence-electron chi connectivity index (χ0n) is 25.2. The maximum atomic E-state index is 13.6. The summed E-state index contributed by atoms with van der Waals surface area (Å²) < 4.78 is 91.6. The molecule has 6 rings (SSSR count). The molecule has 0 atom stereocenters. The zero-order chi connectivity index (χ0) is 35.2. The number of aromatic nitrogens is 2. The summed E-state index contributed by atoms with van der Waals surface area (Å²) in [6, 6.07) is 14.0. The van der Waals surface area contributed by atoms with Gasteiger partial charge >= 0.3 is 24.3 Å². The Morgan fingerprint density at radius 3 is 2.24 bits per heavy atom. The molecule has 1 fully saturated rings. The largest absolute Gasteiger partial charge is 0.497 e. The van der Waals surface area contributed by atoms with E-state index in [0.717, 1.165) is 35.8 Å². The van der Waals surface area contributed by atoms with Gasteiger partial charge in [-0.05, 0) is 35.9 Å². The summed E-state index contributed by atoms with van der Waals surface area (Å²) in [4.78, 5) is 36.5. The molecular formula is C32H24Cl2F6N4O5. The van der Waals surface area contributed by atoms with Crippen molar-refractivity contribution < 1.29 is 50.2 Å². The molecule has 17 heteroatoms. The molecule has 0 unspecified atom stereocenters. The number of methoxy groups -OCH3 is 1. The number of nitrogens with one attached hydrogen (secondary N) is 1. The number of alkyl halides is 6. The maximum Gasteiger partial charge on any atom is 0.493 e. The Morgan fingerprint density at radius 2 is 1.59 bits per heavy atom. The van der Waals surface area contributed by atoms with Crippen molar-refractivity contribution in [3.63, 3.8) is 0 Å². The van der Waals surface area contributed by atoms with Gasteiger partial charge in [0.15, 0.2) is 0 Å². The number of nitrogens with zero attached hydrogens (tertiary/aromatic N) is 3. The third-order valence-electron chi connectivity index (χ3n) is 8.00. The number of rotatable bonds is 7. The van der Waals surface area contributed by atoms with Gasteiger partial charge in [-0.3, -0.25) is 4.90 Å². The lowest BCUT2D eigenvalue weighted by Crippen LogP contribution is -2.46. The number of aromatic amines is 1. The average molecular weight is 729 g/mol. The molecule has 0 saturated carbocycles. The highest BCUT2D eigenvalue weighted by atomic mass is 35.5. The Kier molecular flexibility index (Phi) is 9.11. The Labute approximate surface area is 283 Å². The van der Waals surface area contributed by atoms with Crippen LogP contribution in [0.3, 0.4) is 0 Å². The molecule has 0 radical (unpaired) electrons. The number of carbonyl (C=O) groups is 2. The lowest BCUT2D eigenvalue weighted by molar-refractivity contribution is -0.199. The SMILES string of the molecule is COc1cc(OC(=O)C(F)(F)F)c2c(-c3ccc(Cl)c(Cl)c3)c(CN3CCN(c4cccc5[nH]ccc45)CC3)n(OC(=O)C(F)(F)F)c2c1. The highest BCUT2D eigenvalue weighted by Gasteiger charge is 2.44. The molecule has 3 heterocycles. The molecule has 1 aliphatic rings. The standard InChI is InChI=1S/C32H24Cl2F6N4O5/c1-47-18-14-24-28(26(15-18)48-29(45)31(35,36)37)27(17-5-6-20(33)21(34)13-17)25(44(24)49-30(46)32(38,39)40)16-42-9-11-43(12-10-42)23-4-2-3-22-19(23)7-8-41-22/h2-8,13-15,41H,9-12,16H2,1H3. The quantitative estimate of drug-likeness (QED) is 0.106. The monoisotopic (exact) mass is 728 g/mol. The average Bonchev–Trinajstić information content (AvgIpc) is 3.65. The van der Waals surface area contributed by atoms with E-state index in [1.165, 1.54) is 18.2 Å². The van der Waals surface area contributed by atoms with E-state index in [1.807, 2.05) is 35.4 Å². The zero-order valence-corrected chi connectivity index (χ0v) is 26.7. The van der Waals surface area contributed by atoms with E-state index in [9.17, 15) is 35.9 Å². The van der Waals surface area contributed by atoms with Crippen LogP contribution in [0.2, 0.25) is 10.0 Å². The first kappa shape index (κ1) is 34.3. The van der Waals surface area contributed by atoms with E-state index < -0.39 is 30.0 Å². The molecule has 3 aromatic carbocycles. The molecule has 1 saturated heterocycles. The van der Waals surface area contributed by atoms with Crippen molar-refractivity contribution in [2.24, 2.45) is 0 Å². The van der Waals surface area contributed by atoms with Gasteiger partial charge in [-0.25, -0.2) is 9.59 Å². The molecule has 0 spiro atoms. The summed E-state index contributed by atoms with van der Waals surface area (Å²) in [7, 11) is 1.14. The van der Waals surface area contributed by atoms with E-state index in [1.54, 1.807) is 0 Å². The van der Waals surface area contributed by atoms with Crippen molar-refractivity contribution in [3.8, 4) is 22.6 Å². The van der Waals surface area contributed by atoms with Crippen molar-refractivity contribution in [2.75, 3.05) is 38.2 Å². The second-order valence-corrected chi connectivity index (χ2v) is 11.8. The fourth-order valence-electron chi connectivity index (χ4n) is 5.78. The minimum absolute atomic E-state index is 0.00759. The maximum absolute atomic E-state index is 13.6. The highest BCUT2D eigenvalue weighted by Crippen LogP contribution is 2.45. The van der Waals surface area contributed by atoms with Crippen LogP contribution in [0.4, 0.5) is 32.0 Å². The third-order valence-corrected chi connectivity index (χ3v) is 8.74. The Morgan fingerprint density at radius 1 is 0.878 bits per heavy atom. The van der Waals surface area contributed by atoms with E-state index >= 15 is 0 Å². The Hall–Kier alpha value is -4.60. The summed E-state index contributed by atoms with van der Waals surface area (Å²) in [6.07, 6.45) is -9.06. The van der Waals surface area contributed by atoms with E-state index in [0.29, 0.717) is 30.9 Å². The first-order valence-electron chi connectivity index (χ1n) is 14.5. The topological polar surface area (TPSA) is 89.0 Å². The molecular weight excluding hydrogens is 705 g/mol. The Balaban J connectivity index is 1.50. The molecule has 2 aromatic heterocycles. The summed E-state index contributed by atoms with van der Waals surface area (Å²) in [6.45, 7) is 1.60. The molecule has 49 heavy (non-hydrogen) atoms. The van der Waals surface area contributed by atoms with Crippen LogP contribution < -0.4 is 19.2 Å². The number of halogens is 8. The van der Waals surface area contributed by atoms with Crippen LogP contribution >= 0.6 is 23.2 Å². The summed E-state index contributed by atoms with van der Waals surface area (Å²) in [5.74, 6) is -6.13. The number of carbonyl (C=O) groups excluding carboxylic acids is 2. The number of anilines is 1. The number of H-pyrrole nitrogens is 1. The van der Waals surface area contributed by atoms with E-state index in [-0.39, 0.29) is 50.1 Å². The number of piperazine rings is 1. The fourth-order valence-corrected chi connectivity index (χ4v) is 6.08. The van der Waals surface area contributed by atoms with Crippen molar-refractivity contribution in [2.45, 2.75) is 18.9 Å². The van der Waals surface area contributed by atoms with Crippen LogP contribution in [-0.4, -0.2) is 72.2 Å². The van der Waals surface area contributed by atoms with Crippen LogP contribution in [0.5, 0.6) is 11.5 Å². The molecule has 5 aromatic rings. The molecule has 1 N–H and O–H groups in total. The molecule has 258 valence electrons. The second kappa shape index (κ2) is 13.0. The van der Waals surface area contributed by atoms with Crippen molar-refractivity contribution in [1.82, 2.24) is 14.6 Å². The number of ether oxygens (including phenoxy) is 2. The van der Waals surface area contributed by atoms with Gasteiger partial charge in [0.25, 0.3) is 0 Å². The summed E-state index contributed by atoms with van der Waals surface area (Å²) in [5, 5.41) is 0.845. The van der Waals surface area contributed by atoms with Gasteiger partial charge in [-0.1, -0.05) is 35.3 Å². The van der Waals surface area contributed by atoms with Gasteiger partial charge in [0.2, 0.25) is 0 Å². The lowest BCUT2D eigenvalue weighted by Gasteiger charge is -2.36. The predicted octanol–water partition coefficient (Wildman–Crippen LogP) is 7.41. The van der Waals surface area contributed by atoms with Crippen LogP contribution in [0.25, 0.3) is 32.9 Å². The van der Waals surface area contributed by atoms with Crippen LogP contribution in [-0.2, 0) is 16.1 Å². The first-order chi connectivity index (χ1) is 23.2. The second-order valence-electron chi connectivity index (χ2n) is 11.0. The van der Waals surface area contributed by atoms with Gasteiger partial charge in [0.1, 0.15) is 11.5 Å². The van der Waals surface area contributed by atoms with Crippen molar-refractivity contribution >= 4 is 62.6 Å². The number of esters is 1. The number of fused-ring (bicyclic) bond motifs is 2. The molecule has 1 aliphatic heterocycles. The lowest BCUT2D eigenvalue weighted by atomic mass is 10.0. The van der Waals surface area contributed by atoms with E-state index in [4.69, 9.17) is 37.5 Å².